The highest BCUT2D eigenvalue weighted by atomic mass is 35.5. The highest BCUT2D eigenvalue weighted by Crippen LogP contribution is 2.28. The molecule has 0 aliphatic carbocycles. The Balaban J connectivity index is 2.32. The van der Waals surface area contributed by atoms with Gasteiger partial charge in [-0.3, -0.25) is 0 Å². The molecule has 0 spiro atoms. The number of rotatable bonds is 2. The number of anilines is 1. The zero-order valence-corrected chi connectivity index (χ0v) is 10.6. The van der Waals surface area contributed by atoms with Gasteiger partial charge in [-0.05, 0) is 32.3 Å². The summed E-state index contributed by atoms with van der Waals surface area (Å²) >= 11 is 6.08. The van der Waals surface area contributed by atoms with E-state index >= 15 is 0 Å². The van der Waals surface area contributed by atoms with E-state index in [4.69, 9.17) is 21.6 Å². The molecule has 1 unspecified atom stereocenters. The fourth-order valence-electron chi connectivity index (χ4n) is 2.25. The standard InChI is InChI=1S/C11H16BClN2O2/c1-8-4-2-3-5-15(8)10-6-9(12(16)17)7-14-11(10)13/h6-8,16-17H,2-5H2,1H3. The quantitative estimate of drug-likeness (QED) is 0.605. The van der Waals surface area contributed by atoms with Gasteiger partial charge >= 0.3 is 7.12 Å². The highest BCUT2D eigenvalue weighted by molar-refractivity contribution is 6.58. The third kappa shape index (κ3) is 2.73. The summed E-state index contributed by atoms with van der Waals surface area (Å²) < 4.78 is 0. The Kier molecular flexibility index (Phi) is 3.91. The molecule has 1 aliphatic rings. The van der Waals surface area contributed by atoms with Gasteiger partial charge in [-0.1, -0.05) is 11.6 Å². The van der Waals surface area contributed by atoms with Crippen molar-refractivity contribution in [2.45, 2.75) is 32.2 Å². The summed E-state index contributed by atoms with van der Waals surface area (Å²) in [4.78, 5) is 6.20. The van der Waals surface area contributed by atoms with E-state index in [1.165, 1.54) is 12.6 Å². The lowest BCUT2D eigenvalue weighted by atomic mass is 9.81. The first-order valence-electron chi connectivity index (χ1n) is 5.88. The van der Waals surface area contributed by atoms with Crippen molar-refractivity contribution < 1.29 is 10.0 Å². The molecule has 1 atom stereocenters. The molecule has 2 N–H and O–H groups in total. The zero-order chi connectivity index (χ0) is 12.4. The predicted molar refractivity (Wildman–Crippen MR) is 69.7 cm³/mol. The summed E-state index contributed by atoms with van der Waals surface area (Å²) in [6, 6.07) is 2.12. The topological polar surface area (TPSA) is 56.6 Å². The number of piperidine rings is 1. The van der Waals surface area contributed by atoms with Gasteiger partial charge in [-0.2, -0.15) is 0 Å². The van der Waals surface area contributed by atoms with Crippen LogP contribution in [0.4, 0.5) is 5.69 Å². The first kappa shape index (κ1) is 12.7. The predicted octanol–water partition coefficient (Wildman–Crippen LogP) is 0.794. The van der Waals surface area contributed by atoms with Crippen LogP contribution >= 0.6 is 11.6 Å². The van der Waals surface area contributed by atoms with Gasteiger partial charge in [0, 0.05) is 24.2 Å². The molecule has 0 aromatic carbocycles. The van der Waals surface area contributed by atoms with Gasteiger partial charge in [-0.15, -0.1) is 0 Å². The van der Waals surface area contributed by atoms with Crippen LogP contribution in [-0.2, 0) is 0 Å². The SMILES string of the molecule is CC1CCCCN1c1cc(B(O)O)cnc1Cl. The Bertz CT molecular complexity index is 403. The van der Waals surface area contributed by atoms with Crippen molar-refractivity contribution in [1.82, 2.24) is 4.98 Å². The molecule has 6 heteroatoms. The maximum absolute atomic E-state index is 9.16. The summed E-state index contributed by atoms with van der Waals surface area (Å²) in [6.45, 7) is 3.09. The molecule has 4 nitrogen and oxygen atoms in total. The molecule has 92 valence electrons. The number of hydrogen-bond donors (Lipinski definition) is 2. The van der Waals surface area contributed by atoms with E-state index in [9.17, 15) is 0 Å². The van der Waals surface area contributed by atoms with Crippen molar-refractivity contribution >= 4 is 29.9 Å². The summed E-state index contributed by atoms with van der Waals surface area (Å²) in [6.07, 6.45) is 4.88. The molecule has 1 aromatic rings. The second-order valence-electron chi connectivity index (χ2n) is 4.49. The molecule has 2 rings (SSSR count). The maximum Gasteiger partial charge on any atom is 0.490 e. The number of aromatic nitrogens is 1. The minimum atomic E-state index is -1.50. The first-order chi connectivity index (χ1) is 8.09. The minimum absolute atomic E-state index is 0.377. The lowest BCUT2D eigenvalue weighted by Crippen LogP contribution is -2.39. The van der Waals surface area contributed by atoms with Crippen molar-refractivity contribution in [3.05, 3.63) is 17.4 Å². The fourth-order valence-corrected chi connectivity index (χ4v) is 2.46. The Labute approximate surface area is 106 Å². The Morgan fingerprint density at radius 1 is 1.47 bits per heavy atom. The Morgan fingerprint density at radius 2 is 2.24 bits per heavy atom. The first-order valence-corrected chi connectivity index (χ1v) is 6.25. The van der Waals surface area contributed by atoms with Crippen molar-refractivity contribution in [3.8, 4) is 0 Å². The van der Waals surface area contributed by atoms with E-state index in [0.29, 0.717) is 16.7 Å². The average molecular weight is 255 g/mol. The lowest BCUT2D eigenvalue weighted by molar-refractivity contribution is 0.425. The second kappa shape index (κ2) is 5.25. The van der Waals surface area contributed by atoms with Gasteiger partial charge in [0.2, 0.25) is 0 Å². The van der Waals surface area contributed by atoms with Crippen molar-refractivity contribution in [2.24, 2.45) is 0 Å². The summed E-state index contributed by atoms with van der Waals surface area (Å²) in [7, 11) is -1.50. The monoisotopic (exact) mass is 254 g/mol. The number of pyridine rings is 1. The van der Waals surface area contributed by atoms with Crippen molar-refractivity contribution in [3.63, 3.8) is 0 Å². The molecule has 1 aromatic heterocycles. The largest absolute Gasteiger partial charge is 0.490 e. The molecule has 1 saturated heterocycles. The average Bonchev–Trinajstić information content (AvgIpc) is 2.30. The number of hydrogen-bond acceptors (Lipinski definition) is 4. The van der Waals surface area contributed by atoms with Gasteiger partial charge in [-0.25, -0.2) is 4.98 Å². The molecule has 0 saturated carbocycles. The van der Waals surface area contributed by atoms with Crippen LogP contribution in [0.2, 0.25) is 5.15 Å². The number of nitrogens with zero attached hydrogens (tertiary/aromatic N) is 2. The van der Waals surface area contributed by atoms with Crippen LogP contribution < -0.4 is 10.4 Å². The van der Waals surface area contributed by atoms with Crippen LogP contribution in [0.1, 0.15) is 26.2 Å². The third-order valence-electron chi connectivity index (χ3n) is 3.25. The van der Waals surface area contributed by atoms with Gasteiger partial charge in [0.15, 0.2) is 5.15 Å². The van der Waals surface area contributed by atoms with E-state index in [2.05, 4.69) is 16.8 Å². The molecular weight excluding hydrogens is 238 g/mol. The zero-order valence-electron chi connectivity index (χ0n) is 9.80. The summed E-state index contributed by atoms with van der Waals surface area (Å²) in [5.74, 6) is 0. The minimum Gasteiger partial charge on any atom is -0.423 e. The van der Waals surface area contributed by atoms with Crippen LogP contribution in [0, 0.1) is 0 Å². The van der Waals surface area contributed by atoms with Crippen LogP contribution in [0.3, 0.4) is 0 Å². The van der Waals surface area contributed by atoms with Gasteiger partial charge in [0.05, 0.1) is 5.69 Å². The van der Waals surface area contributed by atoms with Gasteiger partial charge in [0.1, 0.15) is 0 Å². The molecule has 2 heterocycles. The Hall–Kier alpha value is -0.775. The van der Waals surface area contributed by atoms with Crippen molar-refractivity contribution in [1.29, 1.82) is 0 Å². The molecular formula is C11H16BClN2O2. The number of halogens is 1. The molecule has 0 amide bonds. The van der Waals surface area contributed by atoms with E-state index in [1.54, 1.807) is 6.07 Å². The lowest BCUT2D eigenvalue weighted by Gasteiger charge is -2.35. The molecule has 1 fully saturated rings. The molecule has 1 aliphatic heterocycles. The van der Waals surface area contributed by atoms with E-state index in [1.807, 2.05) is 0 Å². The smallest absolute Gasteiger partial charge is 0.423 e. The van der Waals surface area contributed by atoms with Crippen molar-refractivity contribution in [2.75, 3.05) is 11.4 Å². The second-order valence-corrected chi connectivity index (χ2v) is 4.85. The summed E-state index contributed by atoms with van der Waals surface area (Å²) in [5, 5.41) is 18.7. The van der Waals surface area contributed by atoms with Crippen LogP contribution in [0.15, 0.2) is 12.3 Å². The molecule has 0 radical (unpaired) electrons. The third-order valence-corrected chi connectivity index (χ3v) is 3.54. The summed E-state index contributed by atoms with van der Waals surface area (Å²) in [5.41, 5.74) is 1.17. The van der Waals surface area contributed by atoms with Crippen LogP contribution in [0.5, 0.6) is 0 Å². The van der Waals surface area contributed by atoms with E-state index < -0.39 is 7.12 Å². The Morgan fingerprint density at radius 3 is 2.88 bits per heavy atom. The fraction of sp³-hybridized carbons (Fsp3) is 0.545. The van der Waals surface area contributed by atoms with Gasteiger partial charge < -0.3 is 14.9 Å². The van der Waals surface area contributed by atoms with E-state index in [0.717, 1.165) is 25.1 Å². The maximum atomic E-state index is 9.16. The normalized spacial score (nSPS) is 20.5. The molecule has 0 bridgehead atoms. The molecule has 17 heavy (non-hydrogen) atoms. The van der Waals surface area contributed by atoms with Crippen LogP contribution in [0.25, 0.3) is 0 Å². The van der Waals surface area contributed by atoms with Crippen LogP contribution in [-0.4, -0.2) is 34.7 Å². The van der Waals surface area contributed by atoms with Gasteiger partial charge in [0.25, 0.3) is 0 Å². The van der Waals surface area contributed by atoms with E-state index in [-0.39, 0.29) is 0 Å². The highest BCUT2D eigenvalue weighted by Gasteiger charge is 2.23.